The maximum Gasteiger partial charge on any atom is 0.129 e. The van der Waals surface area contributed by atoms with Crippen LogP contribution in [-0.4, -0.2) is 29.2 Å². The Balaban J connectivity index is 2.10. The van der Waals surface area contributed by atoms with E-state index in [0.717, 1.165) is 13.0 Å². The Bertz CT molecular complexity index is 336. The maximum atomic E-state index is 13.4. The first-order valence-electron chi connectivity index (χ1n) is 5.10. The lowest BCUT2D eigenvalue weighted by molar-refractivity contribution is 0.174. The van der Waals surface area contributed by atoms with E-state index in [-0.39, 0.29) is 11.9 Å². The molecule has 1 aromatic carbocycles. The molecule has 1 unspecified atom stereocenters. The van der Waals surface area contributed by atoms with Crippen LogP contribution >= 0.6 is 0 Å². The molecule has 0 radical (unpaired) electrons. The van der Waals surface area contributed by atoms with Crippen LogP contribution in [0.5, 0.6) is 0 Å². The number of nitrogens with zero attached hydrogens (tertiary/aromatic N) is 1. The lowest BCUT2D eigenvalue weighted by Crippen LogP contribution is -2.22. The molecule has 3 N–H and O–H groups in total. The Hall–Kier alpha value is -1.13. The zero-order chi connectivity index (χ0) is 10.8. The highest BCUT2D eigenvalue weighted by Crippen LogP contribution is 2.20. The number of β-amino-alcohol motifs (C(OH)–C–C–N with tert-alkyl or cyclic N) is 1. The monoisotopic (exact) mass is 210 g/mol. The van der Waals surface area contributed by atoms with E-state index in [4.69, 9.17) is 5.73 Å². The minimum absolute atomic E-state index is 0.267. The minimum atomic E-state index is -0.280. The SMILES string of the molecule is Nc1cccc(F)c1CN1CCC(O)C1. The highest BCUT2D eigenvalue weighted by Gasteiger charge is 2.21. The van der Waals surface area contributed by atoms with Crippen molar-refractivity contribution in [2.45, 2.75) is 19.1 Å². The van der Waals surface area contributed by atoms with Crippen LogP contribution in [0.2, 0.25) is 0 Å². The highest BCUT2D eigenvalue weighted by atomic mass is 19.1. The van der Waals surface area contributed by atoms with Gasteiger partial charge < -0.3 is 10.8 Å². The average Bonchev–Trinajstić information content (AvgIpc) is 2.58. The molecule has 1 aliphatic rings. The van der Waals surface area contributed by atoms with E-state index < -0.39 is 0 Å². The fraction of sp³-hybridized carbons (Fsp3) is 0.455. The van der Waals surface area contributed by atoms with Crippen molar-refractivity contribution >= 4 is 5.69 Å². The van der Waals surface area contributed by atoms with Gasteiger partial charge in [0.15, 0.2) is 0 Å². The molecule has 0 saturated carbocycles. The molecule has 3 nitrogen and oxygen atoms in total. The van der Waals surface area contributed by atoms with Crippen molar-refractivity contribution in [3.8, 4) is 0 Å². The van der Waals surface area contributed by atoms with Crippen LogP contribution in [0, 0.1) is 5.82 Å². The Labute approximate surface area is 88.3 Å². The van der Waals surface area contributed by atoms with Crippen LogP contribution in [-0.2, 0) is 6.54 Å². The number of benzene rings is 1. The molecule has 1 aromatic rings. The second-order valence-corrected chi connectivity index (χ2v) is 3.99. The summed E-state index contributed by atoms with van der Waals surface area (Å²) >= 11 is 0. The Morgan fingerprint density at radius 2 is 2.33 bits per heavy atom. The zero-order valence-electron chi connectivity index (χ0n) is 8.49. The van der Waals surface area contributed by atoms with Crippen molar-refractivity contribution in [2.75, 3.05) is 18.8 Å². The van der Waals surface area contributed by atoms with Crippen molar-refractivity contribution in [3.05, 3.63) is 29.6 Å². The first-order chi connectivity index (χ1) is 7.16. The van der Waals surface area contributed by atoms with Crippen molar-refractivity contribution in [1.82, 2.24) is 4.90 Å². The fourth-order valence-corrected chi connectivity index (χ4v) is 1.92. The lowest BCUT2D eigenvalue weighted by Gasteiger charge is -2.16. The third kappa shape index (κ3) is 2.27. The number of nitrogen functional groups attached to an aromatic ring is 1. The number of nitrogens with two attached hydrogens (primary N) is 1. The van der Waals surface area contributed by atoms with Gasteiger partial charge in [-0.15, -0.1) is 0 Å². The molecule has 0 amide bonds. The molecule has 0 aliphatic carbocycles. The molecule has 0 aromatic heterocycles. The van der Waals surface area contributed by atoms with Crippen molar-refractivity contribution in [2.24, 2.45) is 0 Å². The van der Waals surface area contributed by atoms with Crippen LogP contribution in [0.3, 0.4) is 0 Å². The summed E-state index contributed by atoms with van der Waals surface area (Å²) in [5.41, 5.74) is 6.72. The normalized spacial score (nSPS) is 22.1. The van der Waals surface area contributed by atoms with Gasteiger partial charge in [-0.05, 0) is 18.6 Å². The Morgan fingerprint density at radius 3 is 2.93 bits per heavy atom. The molecule has 82 valence electrons. The number of rotatable bonds is 2. The van der Waals surface area contributed by atoms with Gasteiger partial charge >= 0.3 is 0 Å². The molecule has 1 saturated heterocycles. The van der Waals surface area contributed by atoms with Gasteiger partial charge in [0.05, 0.1) is 6.10 Å². The highest BCUT2D eigenvalue weighted by molar-refractivity contribution is 5.47. The molecule has 0 bridgehead atoms. The predicted molar refractivity (Wildman–Crippen MR) is 56.7 cm³/mol. The molecule has 15 heavy (non-hydrogen) atoms. The summed E-state index contributed by atoms with van der Waals surface area (Å²) in [5.74, 6) is -0.267. The summed E-state index contributed by atoms with van der Waals surface area (Å²) in [6, 6.07) is 4.72. The van der Waals surface area contributed by atoms with Crippen LogP contribution in [0.4, 0.5) is 10.1 Å². The van der Waals surface area contributed by atoms with Gasteiger partial charge in [0.1, 0.15) is 5.82 Å². The second-order valence-electron chi connectivity index (χ2n) is 3.99. The summed E-state index contributed by atoms with van der Waals surface area (Å²) in [5, 5.41) is 9.35. The van der Waals surface area contributed by atoms with Gasteiger partial charge in [-0.25, -0.2) is 4.39 Å². The van der Waals surface area contributed by atoms with E-state index in [1.54, 1.807) is 12.1 Å². The van der Waals surface area contributed by atoms with Crippen LogP contribution < -0.4 is 5.73 Å². The number of likely N-dealkylation sites (tertiary alicyclic amines) is 1. The van der Waals surface area contributed by atoms with Gasteiger partial charge in [-0.1, -0.05) is 6.07 Å². The maximum absolute atomic E-state index is 13.4. The van der Waals surface area contributed by atoms with Gasteiger partial charge in [-0.3, -0.25) is 4.90 Å². The molecule has 1 atom stereocenters. The third-order valence-corrected chi connectivity index (χ3v) is 2.78. The van der Waals surface area contributed by atoms with E-state index in [1.165, 1.54) is 6.07 Å². The molecule has 0 spiro atoms. The second kappa shape index (κ2) is 4.16. The lowest BCUT2D eigenvalue weighted by atomic mass is 10.1. The third-order valence-electron chi connectivity index (χ3n) is 2.78. The Morgan fingerprint density at radius 1 is 1.53 bits per heavy atom. The molecular formula is C11H15FN2O. The fourth-order valence-electron chi connectivity index (χ4n) is 1.92. The zero-order valence-corrected chi connectivity index (χ0v) is 8.49. The molecule has 2 rings (SSSR count). The summed E-state index contributed by atoms with van der Waals surface area (Å²) in [6.07, 6.45) is 0.479. The number of aliphatic hydroxyl groups excluding tert-OH is 1. The standard InChI is InChI=1S/C11H15FN2O/c12-10-2-1-3-11(13)9(10)7-14-5-4-8(15)6-14/h1-3,8,15H,4-7,13H2. The van der Waals surface area contributed by atoms with Gasteiger partial charge in [0.25, 0.3) is 0 Å². The molecule has 1 aliphatic heterocycles. The van der Waals surface area contributed by atoms with Crippen molar-refractivity contribution in [1.29, 1.82) is 0 Å². The van der Waals surface area contributed by atoms with Crippen LogP contribution in [0.25, 0.3) is 0 Å². The van der Waals surface area contributed by atoms with Crippen molar-refractivity contribution < 1.29 is 9.50 Å². The number of hydrogen-bond acceptors (Lipinski definition) is 3. The minimum Gasteiger partial charge on any atom is -0.398 e. The topological polar surface area (TPSA) is 49.5 Å². The van der Waals surface area contributed by atoms with E-state index in [9.17, 15) is 9.50 Å². The van der Waals surface area contributed by atoms with E-state index in [0.29, 0.717) is 24.3 Å². The summed E-state index contributed by atoms with van der Waals surface area (Å²) in [4.78, 5) is 2.01. The summed E-state index contributed by atoms with van der Waals surface area (Å²) < 4.78 is 13.4. The van der Waals surface area contributed by atoms with Crippen LogP contribution in [0.1, 0.15) is 12.0 Å². The number of anilines is 1. The molecule has 1 heterocycles. The smallest absolute Gasteiger partial charge is 0.129 e. The molecule has 1 fully saturated rings. The number of hydrogen-bond donors (Lipinski definition) is 2. The first-order valence-corrected chi connectivity index (χ1v) is 5.10. The first kappa shape index (κ1) is 10.4. The average molecular weight is 210 g/mol. The Kier molecular flexibility index (Phi) is 2.88. The summed E-state index contributed by atoms with van der Waals surface area (Å²) in [7, 11) is 0. The van der Waals surface area contributed by atoms with E-state index in [2.05, 4.69) is 0 Å². The predicted octanol–water partition coefficient (Wildman–Crippen LogP) is 0.975. The molecule has 4 heteroatoms. The molecular weight excluding hydrogens is 195 g/mol. The largest absolute Gasteiger partial charge is 0.398 e. The van der Waals surface area contributed by atoms with Gasteiger partial charge in [0, 0.05) is 30.9 Å². The van der Waals surface area contributed by atoms with E-state index in [1.807, 2.05) is 4.90 Å². The van der Waals surface area contributed by atoms with Gasteiger partial charge in [-0.2, -0.15) is 0 Å². The quantitative estimate of drug-likeness (QED) is 0.715. The number of aliphatic hydroxyl groups is 1. The summed E-state index contributed by atoms with van der Waals surface area (Å²) in [6.45, 7) is 1.89. The van der Waals surface area contributed by atoms with Crippen LogP contribution in [0.15, 0.2) is 18.2 Å². The van der Waals surface area contributed by atoms with Gasteiger partial charge in [0.2, 0.25) is 0 Å². The van der Waals surface area contributed by atoms with E-state index >= 15 is 0 Å². The number of halogens is 1. The van der Waals surface area contributed by atoms with Crippen molar-refractivity contribution in [3.63, 3.8) is 0 Å².